The summed E-state index contributed by atoms with van der Waals surface area (Å²) >= 11 is 0. The molecule has 6 nitrogen and oxygen atoms in total. The summed E-state index contributed by atoms with van der Waals surface area (Å²) in [7, 11) is 0. The third-order valence-electron chi connectivity index (χ3n) is 4.60. The first-order valence-electron chi connectivity index (χ1n) is 7.54. The molecular weight excluding hydrogens is 258 g/mol. The molecule has 0 aromatic carbocycles. The maximum Gasteiger partial charge on any atom is 0.245 e. The van der Waals surface area contributed by atoms with Crippen molar-refractivity contribution >= 4 is 17.7 Å². The summed E-state index contributed by atoms with van der Waals surface area (Å²) in [6.07, 6.45) is 6.00. The first-order chi connectivity index (χ1) is 9.65. The number of piperazine rings is 1. The molecule has 2 aliphatic heterocycles. The Balaban J connectivity index is 1.74. The Hall–Kier alpha value is -1.59. The first-order valence-corrected chi connectivity index (χ1v) is 7.54. The molecular formula is C14H21N3O3. The molecule has 0 spiro atoms. The van der Waals surface area contributed by atoms with Crippen molar-refractivity contribution in [1.29, 1.82) is 0 Å². The predicted molar refractivity (Wildman–Crippen MR) is 71.7 cm³/mol. The standard InChI is InChI=1S/C14H21N3O3/c18-12-7-3-5-10(16-12)14(20)17-8-13(19)15-9-4-1-2-6-11(9)17/h9-11H,1-8H2,(H,15,19)(H,16,18)/t9?,10-,11?/m1/s1. The van der Waals surface area contributed by atoms with Gasteiger partial charge in [-0.25, -0.2) is 0 Å². The van der Waals surface area contributed by atoms with Gasteiger partial charge in [0.2, 0.25) is 17.7 Å². The molecule has 0 aromatic rings. The molecule has 2 N–H and O–H groups in total. The van der Waals surface area contributed by atoms with Crippen LogP contribution in [0, 0.1) is 0 Å². The normalized spacial score (nSPS) is 34.0. The average molecular weight is 279 g/mol. The molecule has 110 valence electrons. The van der Waals surface area contributed by atoms with Gasteiger partial charge < -0.3 is 15.5 Å². The molecule has 3 aliphatic rings. The Kier molecular flexibility index (Phi) is 3.63. The number of hydrogen-bond acceptors (Lipinski definition) is 3. The Morgan fingerprint density at radius 3 is 2.60 bits per heavy atom. The van der Waals surface area contributed by atoms with Crippen molar-refractivity contribution in [2.24, 2.45) is 0 Å². The second kappa shape index (κ2) is 5.42. The Morgan fingerprint density at radius 1 is 1.00 bits per heavy atom. The zero-order chi connectivity index (χ0) is 14.1. The van der Waals surface area contributed by atoms with Crippen LogP contribution >= 0.6 is 0 Å². The largest absolute Gasteiger partial charge is 0.350 e. The lowest BCUT2D eigenvalue weighted by Crippen LogP contribution is -2.65. The SMILES string of the molecule is O=C1CN(C(=O)[C@H]2CCCC(=O)N2)C2CCCCC2N1. The van der Waals surface area contributed by atoms with Crippen LogP contribution in [-0.2, 0) is 14.4 Å². The number of fused-ring (bicyclic) bond motifs is 1. The van der Waals surface area contributed by atoms with Crippen molar-refractivity contribution in [2.45, 2.75) is 63.1 Å². The molecule has 0 radical (unpaired) electrons. The van der Waals surface area contributed by atoms with E-state index < -0.39 is 6.04 Å². The van der Waals surface area contributed by atoms with Gasteiger partial charge in [-0.3, -0.25) is 14.4 Å². The average Bonchev–Trinajstić information content (AvgIpc) is 2.45. The summed E-state index contributed by atoms with van der Waals surface area (Å²) in [6, 6.07) is -0.245. The molecule has 3 atom stereocenters. The molecule has 20 heavy (non-hydrogen) atoms. The number of piperidine rings is 1. The summed E-state index contributed by atoms with van der Waals surface area (Å²) in [5.41, 5.74) is 0. The number of amides is 3. The highest BCUT2D eigenvalue weighted by atomic mass is 16.2. The van der Waals surface area contributed by atoms with Gasteiger partial charge in [0.05, 0.1) is 12.6 Å². The molecule has 2 saturated heterocycles. The van der Waals surface area contributed by atoms with E-state index in [9.17, 15) is 14.4 Å². The van der Waals surface area contributed by atoms with E-state index in [2.05, 4.69) is 10.6 Å². The minimum Gasteiger partial charge on any atom is -0.350 e. The van der Waals surface area contributed by atoms with E-state index in [1.165, 1.54) is 0 Å². The van der Waals surface area contributed by atoms with Gasteiger partial charge in [0.1, 0.15) is 6.04 Å². The van der Waals surface area contributed by atoms with Crippen LogP contribution in [0.25, 0.3) is 0 Å². The molecule has 2 unspecified atom stereocenters. The van der Waals surface area contributed by atoms with Gasteiger partial charge in [0.25, 0.3) is 0 Å². The van der Waals surface area contributed by atoms with E-state index in [0.717, 1.165) is 32.1 Å². The molecule has 3 fully saturated rings. The van der Waals surface area contributed by atoms with E-state index in [4.69, 9.17) is 0 Å². The predicted octanol–water partition coefficient (Wildman–Crippen LogP) is -0.0753. The highest BCUT2D eigenvalue weighted by Gasteiger charge is 2.41. The molecule has 1 aliphatic carbocycles. The second-order valence-electron chi connectivity index (χ2n) is 6.00. The molecule has 1 saturated carbocycles. The number of nitrogens with one attached hydrogen (secondary N) is 2. The highest BCUT2D eigenvalue weighted by molar-refractivity contribution is 5.92. The zero-order valence-corrected chi connectivity index (χ0v) is 11.6. The topological polar surface area (TPSA) is 78.5 Å². The van der Waals surface area contributed by atoms with Crippen LogP contribution < -0.4 is 10.6 Å². The van der Waals surface area contributed by atoms with Gasteiger partial charge in [0.15, 0.2) is 0 Å². The zero-order valence-electron chi connectivity index (χ0n) is 11.6. The van der Waals surface area contributed by atoms with Gasteiger partial charge in [-0.15, -0.1) is 0 Å². The van der Waals surface area contributed by atoms with Crippen molar-refractivity contribution in [3.05, 3.63) is 0 Å². The summed E-state index contributed by atoms with van der Waals surface area (Å²) < 4.78 is 0. The summed E-state index contributed by atoms with van der Waals surface area (Å²) in [6.45, 7) is 0.131. The van der Waals surface area contributed by atoms with E-state index in [0.29, 0.717) is 12.8 Å². The third kappa shape index (κ3) is 2.51. The van der Waals surface area contributed by atoms with Crippen LogP contribution in [0.3, 0.4) is 0 Å². The maximum atomic E-state index is 12.6. The monoisotopic (exact) mass is 279 g/mol. The maximum absolute atomic E-state index is 12.6. The lowest BCUT2D eigenvalue weighted by atomic mass is 9.87. The molecule has 6 heteroatoms. The minimum absolute atomic E-state index is 0.0590. The van der Waals surface area contributed by atoms with E-state index in [1.54, 1.807) is 4.90 Å². The van der Waals surface area contributed by atoms with Crippen molar-refractivity contribution in [2.75, 3.05) is 6.54 Å². The number of carbonyl (C=O) groups excluding carboxylic acids is 3. The molecule has 2 heterocycles. The fraction of sp³-hybridized carbons (Fsp3) is 0.786. The van der Waals surface area contributed by atoms with Crippen molar-refractivity contribution < 1.29 is 14.4 Å². The van der Waals surface area contributed by atoms with Crippen LogP contribution in [0.1, 0.15) is 44.9 Å². The van der Waals surface area contributed by atoms with E-state index >= 15 is 0 Å². The van der Waals surface area contributed by atoms with Gasteiger partial charge in [-0.1, -0.05) is 12.8 Å². The van der Waals surface area contributed by atoms with Crippen LogP contribution in [-0.4, -0.2) is 47.3 Å². The highest BCUT2D eigenvalue weighted by Crippen LogP contribution is 2.27. The van der Waals surface area contributed by atoms with Gasteiger partial charge in [-0.05, 0) is 25.7 Å². The van der Waals surface area contributed by atoms with E-state index in [1.807, 2.05) is 0 Å². The van der Waals surface area contributed by atoms with Crippen LogP contribution in [0.4, 0.5) is 0 Å². The summed E-state index contributed by atoms with van der Waals surface area (Å²) in [5.74, 6) is -0.218. The fourth-order valence-corrected chi connectivity index (χ4v) is 3.61. The third-order valence-corrected chi connectivity index (χ3v) is 4.60. The lowest BCUT2D eigenvalue weighted by Gasteiger charge is -2.45. The molecule has 3 amide bonds. The number of nitrogens with zero attached hydrogens (tertiary/aromatic N) is 1. The second-order valence-corrected chi connectivity index (χ2v) is 6.00. The molecule has 0 aromatic heterocycles. The van der Waals surface area contributed by atoms with Crippen LogP contribution in [0.5, 0.6) is 0 Å². The number of hydrogen-bond donors (Lipinski definition) is 2. The minimum atomic E-state index is -0.440. The van der Waals surface area contributed by atoms with Gasteiger partial charge in [-0.2, -0.15) is 0 Å². The fourth-order valence-electron chi connectivity index (χ4n) is 3.61. The van der Waals surface area contributed by atoms with Crippen molar-refractivity contribution in [3.63, 3.8) is 0 Å². The number of carbonyl (C=O) groups is 3. The quantitative estimate of drug-likeness (QED) is 0.705. The van der Waals surface area contributed by atoms with Gasteiger partial charge in [0, 0.05) is 12.5 Å². The first kappa shape index (κ1) is 13.4. The van der Waals surface area contributed by atoms with Gasteiger partial charge >= 0.3 is 0 Å². The van der Waals surface area contributed by atoms with Crippen molar-refractivity contribution in [3.8, 4) is 0 Å². The van der Waals surface area contributed by atoms with E-state index in [-0.39, 0.29) is 36.3 Å². The number of rotatable bonds is 1. The smallest absolute Gasteiger partial charge is 0.245 e. The summed E-state index contributed by atoms with van der Waals surface area (Å²) in [4.78, 5) is 37.6. The summed E-state index contributed by atoms with van der Waals surface area (Å²) in [5, 5.41) is 5.76. The van der Waals surface area contributed by atoms with Crippen LogP contribution in [0.2, 0.25) is 0 Å². The van der Waals surface area contributed by atoms with Crippen LogP contribution in [0.15, 0.2) is 0 Å². The lowest BCUT2D eigenvalue weighted by molar-refractivity contribution is -0.147. The Labute approximate surface area is 118 Å². The van der Waals surface area contributed by atoms with Crippen molar-refractivity contribution in [1.82, 2.24) is 15.5 Å². The Bertz CT molecular complexity index is 437. The molecule has 0 bridgehead atoms. The molecule has 3 rings (SSSR count). The Morgan fingerprint density at radius 2 is 1.80 bits per heavy atom.